The van der Waals surface area contributed by atoms with Gasteiger partial charge in [0.15, 0.2) is 12.4 Å². The van der Waals surface area contributed by atoms with E-state index in [2.05, 4.69) is 54.5 Å². The van der Waals surface area contributed by atoms with Gasteiger partial charge in [0, 0.05) is 12.3 Å². The van der Waals surface area contributed by atoms with E-state index in [1.807, 2.05) is 0 Å². The number of hydrogen-bond acceptors (Lipinski definition) is 8. The molecule has 45 heavy (non-hydrogen) atoms. The molecule has 3 N–H and O–H groups in total. The molecule has 3 fully saturated rings. The summed E-state index contributed by atoms with van der Waals surface area (Å²) >= 11 is 0. The van der Waals surface area contributed by atoms with Crippen molar-refractivity contribution in [3.05, 3.63) is 22.8 Å². The number of fused-ring (bicyclic) bond motifs is 4. The second kappa shape index (κ2) is 12.4. The van der Waals surface area contributed by atoms with Crippen LogP contribution in [0.15, 0.2) is 22.8 Å². The lowest BCUT2D eigenvalue weighted by Gasteiger charge is -2.62. The van der Waals surface area contributed by atoms with Crippen LogP contribution in [0.25, 0.3) is 0 Å². The maximum atomic E-state index is 14.0. The van der Waals surface area contributed by atoms with E-state index in [0.717, 1.165) is 57.8 Å². The van der Waals surface area contributed by atoms with Crippen LogP contribution in [-0.2, 0) is 23.8 Å². The quantitative estimate of drug-likeness (QED) is 0.231. The first-order chi connectivity index (χ1) is 21.0. The van der Waals surface area contributed by atoms with E-state index in [1.54, 1.807) is 11.1 Å². The van der Waals surface area contributed by atoms with Crippen LogP contribution in [0.1, 0.15) is 120 Å². The molecule has 0 aromatic carbocycles. The summed E-state index contributed by atoms with van der Waals surface area (Å²) in [4.78, 5) is 26.0. The lowest BCUT2D eigenvalue weighted by Crippen LogP contribution is -2.56. The third-order valence-electron chi connectivity index (χ3n) is 13.6. The normalized spacial score (nSPS) is 43.0. The van der Waals surface area contributed by atoms with Gasteiger partial charge in [0.05, 0.1) is 12.5 Å². The largest absolute Gasteiger partial charge is 0.462 e. The fourth-order valence-corrected chi connectivity index (χ4v) is 10.9. The van der Waals surface area contributed by atoms with Crippen molar-refractivity contribution in [2.24, 2.45) is 39.4 Å². The Morgan fingerprint density at radius 2 is 1.64 bits per heavy atom. The highest BCUT2D eigenvalue weighted by Gasteiger charge is 2.64. The molecule has 1 aliphatic heterocycles. The Labute approximate surface area is 270 Å². The number of ether oxygens (including phenoxy) is 3. The summed E-state index contributed by atoms with van der Waals surface area (Å²) in [6.07, 6.45) is 5.96. The molecule has 2 saturated carbocycles. The second-order valence-electron chi connectivity index (χ2n) is 16.5. The van der Waals surface area contributed by atoms with Crippen LogP contribution in [0.4, 0.5) is 0 Å². The fraction of sp³-hybridized carbons (Fsp3) is 0.838. The first-order valence-electron chi connectivity index (χ1n) is 17.4. The summed E-state index contributed by atoms with van der Waals surface area (Å²) < 4.78 is 16.9. The van der Waals surface area contributed by atoms with Crippen LogP contribution in [0.5, 0.6) is 0 Å². The van der Waals surface area contributed by atoms with E-state index in [0.29, 0.717) is 12.3 Å². The molecule has 8 nitrogen and oxygen atoms in total. The van der Waals surface area contributed by atoms with Gasteiger partial charge in [0.2, 0.25) is 0 Å². The molecule has 5 aliphatic rings. The third-order valence-corrected chi connectivity index (χ3v) is 13.6. The molecule has 0 aromatic rings. The highest BCUT2D eigenvalue weighted by atomic mass is 16.7. The monoisotopic (exact) mass is 630 g/mol. The average molecular weight is 631 g/mol. The summed E-state index contributed by atoms with van der Waals surface area (Å²) in [6, 6.07) is 0. The average Bonchev–Trinajstić information content (AvgIpc) is 3.23. The number of allylic oxidation sites excluding steroid dienone is 4. The highest BCUT2D eigenvalue weighted by Crippen LogP contribution is 2.72. The molecule has 1 saturated heterocycles. The Kier molecular flexibility index (Phi) is 9.51. The number of rotatable bonds is 7. The van der Waals surface area contributed by atoms with E-state index >= 15 is 0 Å². The van der Waals surface area contributed by atoms with Gasteiger partial charge >= 0.3 is 11.9 Å². The fourth-order valence-electron chi connectivity index (χ4n) is 10.9. The van der Waals surface area contributed by atoms with Crippen molar-refractivity contribution >= 4 is 11.9 Å². The number of carbonyl (C=O) groups is 2. The first-order valence-corrected chi connectivity index (χ1v) is 17.4. The molecule has 0 bridgehead atoms. The van der Waals surface area contributed by atoms with Crippen LogP contribution in [0, 0.1) is 39.4 Å². The Morgan fingerprint density at radius 1 is 0.933 bits per heavy atom. The molecule has 5 rings (SSSR count). The minimum absolute atomic E-state index is 0.0473. The van der Waals surface area contributed by atoms with Gasteiger partial charge in [0.25, 0.3) is 0 Å². The van der Waals surface area contributed by atoms with Crippen LogP contribution < -0.4 is 0 Å². The lowest BCUT2D eigenvalue weighted by atomic mass is 9.43. The molecule has 0 radical (unpaired) electrons. The van der Waals surface area contributed by atoms with Gasteiger partial charge in [0.1, 0.15) is 18.3 Å². The predicted octanol–water partition coefficient (Wildman–Crippen LogP) is 6.01. The van der Waals surface area contributed by atoms with Gasteiger partial charge in [-0.15, -0.1) is 0 Å². The molecule has 254 valence electrons. The van der Waals surface area contributed by atoms with Gasteiger partial charge in [-0.05, 0) is 106 Å². The van der Waals surface area contributed by atoms with Crippen LogP contribution in [-0.4, -0.2) is 64.6 Å². The van der Waals surface area contributed by atoms with Gasteiger partial charge in [-0.25, -0.2) is 0 Å². The summed E-state index contributed by atoms with van der Waals surface area (Å²) in [5.41, 5.74) is 4.21. The maximum absolute atomic E-state index is 14.0. The third kappa shape index (κ3) is 5.74. The molecule has 8 heteroatoms. The molecule has 0 spiro atoms. The van der Waals surface area contributed by atoms with Crippen LogP contribution in [0.2, 0.25) is 0 Å². The van der Waals surface area contributed by atoms with Crippen molar-refractivity contribution in [1.29, 1.82) is 0 Å². The Morgan fingerprint density at radius 3 is 2.31 bits per heavy atom. The van der Waals surface area contributed by atoms with Gasteiger partial charge in [-0.2, -0.15) is 0 Å². The number of hydrogen-bond donors (Lipinski definition) is 3. The van der Waals surface area contributed by atoms with E-state index in [4.69, 9.17) is 14.2 Å². The SMILES string of the molecule is CC(=O)O[C@@H]1CC[C@]2(C)C3=C(CC[C@H]2C1(C)C)[C@]1(C)CC[C@H]([C@@H](CCC=C(C)C)C(=O)O[C@@H]2[C@@H](O)[C@H](O)CO[C@H]2O)[C@@]1(C)CC3. The molecule has 0 unspecified atom stereocenters. The smallest absolute Gasteiger partial charge is 0.309 e. The van der Waals surface area contributed by atoms with Crippen molar-refractivity contribution in [3.8, 4) is 0 Å². The van der Waals surface area contributed by atoms with Crippen LogP contribution in [0.3, 0.4) is 0 Å². The second-order valence-corrected chi connectivity index (χ2v) is 16.5. The Bertz CT molecular complexity index is 1220. The molecule has 0 aromatic heterocycles. The highest BCUT2D eigenvalue weighted by molar-refractivity contribution is 5.73. The van der Waals surface area contributed by atoms with E-state index in [9.17, 15) is 24.9 Å². The lowest BCUT2D eigenvalue weighted by molar-refractivity contribution is -0.262. The van der Waals surface area contributed by atoms with Crippen molar-refractivity contribution < 1.29 is 39.1 Å². The first kappa shape index (κ1) is 34.6. The predicted molar refractivity (Wildman–Crippen MR) is 171 cm³/mol. The number of carbonyl (C=O) groups excluding carboxylic acids is 2. The van der Waals surface area contributed by atoms with Crippen molar-refractivity contribution in [2.75, 3.05) is 6.61 Å². The molecule has 0 amide bonds. The zero-order chi connectivity index (χ0) is 33.1. The number of esters is 2. The number of aliphatic hydroxyl groups is 3. The minimum atomic E-state index is -1.48. The Balaban J connectivity index is 1.45. The molecule has 11 atom stereocenters. The topological polar surface area (TPSA) is 123 Å². The van der Waals surface area contributed by atoms with E-state index < -0.39 is 36.5 Å². The van der Waals surface area contributed by atoms with Crippen molar-refractivity contribution in [3.63, 3.8) is 0 Å². The van der Waals surface area contributed by atoms with E-state index in [-0.39, 0.29) is 46.3 Å². The van der Waals surface area contributed by atoms with Crippen molar-refractivity contribution in [2.45, 2.75) is 150 Å². The molecule has 4 aliphatic carbocycles. The van der Waals surface area contributed by atoms with Gasteiger partial charge < -0.3 is 29.5 Å². The summed E-state index contributed by atoms with van der Waals surface area (Å²) in [7, 11) is 0. The molecular weight excluding hydrogens is 572 g/mol. The van der Waals surface area contributed by atoms with Crippen molar-refractivity contribution in [1.82, 2.24) is 0 Å². The number of aliphatic hydroxyl groups excluding tert-OH is 3. The molecule has 1 heterocycles. The minimum Gasteiger partial charge on any atom is -0.462 e. The zero-order valence-electron chi connectivity index (χ0n) is 28.9. The molecular formula is C37H58O8. The van der Waals surface area contributed by atoms with Gasteiger partial charge in [-0.3, -0.25) is 9.59 Å². The Hall–Kier alpha value is -1.74. The standard InChI is InChI=1S/C37H58O8/c1-21(2)10-9-11-23(32(41)45-31-30(40)27(39)20-43-33(31)42)24-14-18-37(8)26-12-13-28-34(4,5)29(44-22(3)38)16-17-35(28,6)25(26)15-19-36(24,37)7/h10,23-24,27-31,33,39-40,42H,9,11-20H2,1-8H3/t23-,24-,27-,28+,29-,30+,31-,33-,35-,36-,37+/m1/s1. The zero-order valence-corrected chi connectivity index (χ0v) is 28.9. The van der Waals surface area contributed by atoms with E-state index in [1.165, 1.54) is 12.5 Å². The summed E-state index contributed by atoms with van der Waals surface area (Å²) in [5.74, 6) is -0.503. The maximum Gasteiger partial charge on any atom is 0.309 e. The van der Waals surface area contributed by atoms with Crippen LogP contribution >= 0.6 is 0 Å². The van der Waals surface area contributed by atoms with Gasteiger partial charge in [-0.1, -0.05) is 57.4 Å². The summed E-state index contributed by atoms with van der Waals surface area (Å²) in [6.45, 7) is 17.3. The summed E-state index contributed by atoms with van der Waals surface area (Å²) in [5, 5.41) is 31.1.